The van der Waals surface area contributed by atoms with Gasteiger partial charge in [-0.3, -0.25) is 14.4 Å². The molecule has 0 aromatic heterocycles. The summed E-state index contributed by atoms with van der Waals surface area (Å²) in [5.74, 6) is -3.11. The van der Waals surface area contributed by atoms with E-state index in [-0.39, 0.29) is 31.6 Å². The quantitative estimate of drug-likeness (QED) is 0.432. The second-order valence-electron chi connectivity index (χ2n) is 9.92. The largest absolute Gasteiger partial charge is 0.466 e. The molecule has 2 amide bonds. The maximum atomic E-state index is 14.4. The van der Waals surface area contributed by atoms with Gasteiger partial charge in [0.2, 0.25) is 5.91 Å². The Morgan fingerprint density at radius 2 is 2.11 bits per heavy atom. The number of nitrogens with zero attached hydrogens (tertiary/aromatic N) is 2. The lowest BCUT2D eigenvalue weighted by molar-refractivity contribution is -0.161. The summed E-state index contributed by atoms with van der Waals surface area (Å²) >= 11 is 6.45. The lowest BCUT2D eigenvalue weighted by Gasteiger charge is -2.38. The second-order valence-corrected chi connectivity index (χ2v) is 10.3. The summed E-state index contributed by atoms with van der Waals surface area (Å²) in [6, 6.07) is 5.24. The van der Waals surface area contributed by atoms with E-state index < -0.39 is 47.0 Å². The molecule has 1 aromatic carbocycles. The van der Waals surface area contributed by atoms with Gasteiger partial charge in [-0.1, -0.05) is 36.7 Å². The minimum Gasteiger partial charge on any atom is -0.466 e. The van der Waals surface area contributed by atoms with E-state index in [9.17, 15) is 19.5 Å². The number of aliphatic hydroxyl groups excluding tert-OH is 1. The minimum absolute atomic E-state index is 0.103. The van der Waals surface area contributed by atoms with Gasteiger partial charge in [0.15, 0.2) is 0 Å². The van der Waals surface area contributed by atoms with E-state index in [1.165, 1.54) is 9.80 Å². The molecular weight excluding hydrogens is 472 g/mol. The highest BCUT2D eigenvalue weighted by molar-refractivity contribution is 6.34. The van der Waals surface area contributed by atoms with Gasteiger partial charge in [-0.05, 0) is 45.2 Å². The molecule has 3 unspecified atom stereocenters. The number of ether oxygens (including phenoxy) is 2. The molecule has 3 fully saturated rings. The Morgan fingerprint density at radius 3 is 2.71 bits per heavy atom. The zero-order chi connectivity index (χ0) is 25.7. The highest BCUT2D eigenvalue weighted by atomic mass is 35.5. The van der Waals surface area contributed by atoms with E-state index >= 15 is 0 Å². The Labute approximate surface area is 210 Å². The van der Waals surface area contributed by atoms with E-state index in [0.29, 0.717) is 17.1 Å². The number of anilines is 1. The molecule has 2 bridgehead atoms. The number of para-hydroxylation sites is 1. The first-order chi connectivity index (χ1) is 16.6. The number of aliphatic hydroxyl groups is 1. The van der Waals surface area contributed by atoms with Crippen molar-refractivity contribution >= 4 is 35.1 Å². The number of hydrogen-bond donors (Lipinski definition) is 1. The first kappa shape index (κ1) is 25.7. The van der Waals surface area contributed by atoms with Crippen LogP contribution in [0, 0.1) is 17.8 Å². The normalized spacial score (nSPS) is 34.0. The third kappa shape index (κ3) is 3.60. The van der Waals surface area contributed by atoms with Crippen molar-refractivity contribution in [3.05, 3.63) is 41.9 Å². The maximum absolute atomic E-state index is 14.4. The van der Waals surface area contributed by atoms with Crippen molar-refractivity contribution in [3.8, 4) is 0 Å². The number of likely N-dealkylation sites (tertiary alicyclic amines) is 1. The van der Waals surface area contributed by atoms with Crippen molar-refractivity contribution in [2.75, 3.05) is 24.7 Å². The summed E-state index contributed by atoms with van der Waals surface area (Å²) in [5.41, 5.74) is -1.70. The van der Waals surface area contributed by atoms with Crippen LogP contribution in [0.3, 0.4) is 0 Å². The Kier molecular flexibility index (Phi) is 6.76. The minimum atomic E-state index is -1.23. The van der Waals surface area contributed by atoms with E-state index in [1.807, 2.05) is 13.8 Å². The van der Waals surface area contributed by atoms with Gasteiger partial charge < -0.3 is 24.4 Å². The summed E-state index contributed by atoms with van der Waals surface area (Å²) < 4.78 is 12.0. The zero-order valence-corrected chi connectivity index (χ0v) is 21.3. The predicted molar refractivity (Wildman–Crippen MR) is 131 cm³/mol. The number of hydrogen-bond acceptors (Lipinski definition) is 6. The van der Waals surface area contributed by atoms with Crippen LogP contribution in [0.15, 0.2) is 36.9 Å². The fourth-order valence-electron chi connectivity index (χ4n) is 6.36. The van der Waals surface area contributed by atoms with Crippen LogP contribution in [0.1, 0.15) is 34.1 Å². The van der Waals surface area contributed by atoms with E-state index in [4.69, 9.17) is 21.1 Å². The van der Waals surface area contributed by atoms with E-state index in [2.05, 4.69) is 6.58 Å². The lowest BCUT2D eigenvalue weighted by atomic mass is 9.62. The molecule has 3 aliphatic rings. The monoisotopic (exact) mass is 504 g/mol. The highest BCUT2D eigenvalue weighted by Gasteiger charge is 2.80. The molecule has 35 heavy (non-hydrogen) atoms. The summed E-state index contributed by atoms with van der Waals surface area (Å²) in [6.07, 6.45) is 2.01. The van der Waals surface area contributed by atoms with Crippen molar-refractivity contribution in [3.63, 3.8) is 0 Å². The van der Waals surface area contributed by atoms with Crippen LogP contribution in [0.4, 0.5) is 5.69 Å². The molecule has 1 aromatic rings. The number of amides is 2. The van der Waals surface area contributed by atoms with Gasteiger partial charge in [-0.15, -0.1) is 6.58 Å². The molecule has 3 heterocycles. The molecule has 9 heteroatoms. The Bertz CT molecular complexity index is 1050. The third-order valence-corrected chi connectivity index (χ3v) is 8.31. The van der Waals surface area contributed by atoms with Crippen molar-refractivity contribution < 1.29 is 29.0 Å². The number of carbonyl (C=O) groups is 3. The summed E-state index contributed by atoms with van der Waals surface area (Å²) in [5, 5.41) is 10.4. The van der Waals surface area contributed by atoms with E-state index in [0.717, 1.165) is 0 Å². The predicted octanol–water partition coefficient (Wildman–Crippen LogP) is 2.81. The average Bonchev–Trinajstić information content (AvgIpc) is 3.34. The Hall–Kier alpha value is -2.42. The van der Waals surface area contributed by atoms with Crippen molar-refractivity contribution in [1.82, 2.24) is 4.90 Å². The topological polar surface area (TPSA) is 96.4 Å². The SMILES string of the molecule is C=CCN(C(=O)C1N([C@H](C)CO)C(=O)[C@@H]2[C@H](C(=O)OCC)[C@@]3(C)OC12CC3C)c1ccccc1Cl. The first-order valence-electron chi connectivity index (χ1n) is 12.1. The van der Waals surface area contributed by atoms with Crippen molar-refractivity contribution in [2.45, 2.75) is 57.4 Å². The fourth-order valence-corrected chi connectivity index (χ4v) is 6.60. The summed E-state index contributed by atoms with van der Waals surface area (Å²) in [4.78, 5) is 44.3. The zero-order valence-electron chi connectivity index (χ0n) is 20.6. The molecule has 0 saturated carbocycles. The smallest absolute Gasteiger partial charge is 0.312 e. The van der Waals surface area contributed by atoms with E-state index in [1.54, 1.807) is 44.2 Å². The van der Waals surface area contributed by atoms with Gasteiger partial charge in [0, 0.05) is 6.54 Å². The molecule has 0 radical (unpaired) electrons. The average molecular weight is 505 g/mol. The second kappa shape index (κ2) is 9.22. The number of fused-ring (bicyclic) bond motifs is 1. The van der Waals surface area contributed by atoms with Gasteiger partial charge in [0.25, 0.3) is 5.91 Å². The fraction of sp³-hybridized carbons (Fsp3) is 0.577. The molecule has 1 N–H and O–H groups in total. The van der Waals surface area contributed by atoms with Crippen LogP contribution >= 0.6 is 11.6 Å². The molecule has 8 nitrogen and oxygen atoms in total. The summed E-state index contributed by atoms with van der Waals surface area (Å²) in [6.45, 7) is 11.0. The molecule has 3 saturated heterocycles. The number of benzene rings is 1. The number of halogens is 1. The van der Waals surface area contributed by atoms with Crippen LogP contribution in [-0.4, -0.2) is 70.8 Å². The van der Waals surface area contributed by atoms with Gasteiger partial charge in [-0.25, -0.2) is 0 Å². The lowest BCUT2D eigenvalue weighted by Crippen LogP contribution is -2.58. The van der Waals surface area contributed by atoms with Crippen LogP contribution in [0.25, 0.3) is 0 Å². The van der Waals surface area contributed by atoms with Crippen LogP contribution in [0.5, 0.6) is 0 Å². The number of rotatable bonds is 8. The maximum Gasteiger partial charge on any atom is 0.312 e. The molecule has 0 aliphatic carbocycles. The number of carbonyl (C=O) groups excluding carboxylic acids is 3. The van der Waals surface area contributed by atoms with Crippen LogP contribution in [-0.2, 0) is 23.9 Å². The molecule has 7 atom stereocenters. The Morgan fingerprint density at radius 1 is 1.43 bits per heavy atom. The highest BCUT2D eigenvalue weighted by Crippen LogP contribution is 2.65. The van der Waals surface area contributed by atoms with Gasteiger partial charge in [-0.2, -0.15) is 0 Å². The third-order valence-electron chi connectivity index (χ3n) is 7.99. The molecule has 4 rings (SSSR count). The van der Waals surface area contributed by atoms with Crippen LogP contribution < -0.4 is 4.90 Å². The standard InChI is InChI=1S/C26H33ClN2O6/c1-6-12-28(18-11-9-8-10-17(18)27)23(32)21-26-13-15(3)25(5,35-26)20(24(33)34-7-2)19(26)22(31)29(21)16(4)14-30/h6,8-11,15-16,19-21,30H,1,7,12-14H2,2-5H3/t15?,16-,19+,20-,21?,25+,26?/m1/s1. The molecule has 3 aliphatic heterocycles. The van der Waals surface area contributed by atoms with Gasteiger partial charge in [0.1, 0.15) is 17.6 Å². The van der Waals surface area contributed by atoms with Crippen molar-refractivity contribution in [2.24, 2.45) is 17.8 Å². The molecule has 190 valence electrons. The van der Waals surface area contributed by atoms with Gasteiger partial charge in [0.05, 0.1) is 41.5 Å². The molecule has 1 spiro atoms. The Balaban J connectivity index is 1.87. The van der Waals surface area contributed by atoms with Crippen molar-refractivity contribution in [1.29, 1.82) is 0 Å². The van der Waals surface area contributed by atoms with Gasteiger partial charge >= 0.3 is 5.97 Å². The van der Waals surface area contributed by atoms with Crippen LogP contribution in [0.2, 0.25) is 5.02 Å². The molecular formula is C26H33ClN2O6. The summed E-state index contributed by atoms with van der Waals surface area (Å²) in [7, 11) is 0. The number of esters is 1. The first-order valence-corrected chi connectivity index (χ1v) is 12.4.